The zero-order chi connectivity index (χ0) is 25.8. The van der Waals surface area contributed by atoms with E-state index in [0.29, 0.717) is 5.69 Å². The molecular weight excluding hydrogens is 322 g/mol. The largest absolute Gasteiger partial charge is 0.464 e. The van der Waals surface area contributed by atoms with E-state index in [0.717, 1.165) is 39.2 Å². The minimum Gasteiger partial charge on any atom is -0.464 e. The number of rotatable bonds is 3. The van der Waals surface area contributed by atoms with Crippen molar-refractivity contribution in [2.24, 2.45) is 0 Å². The molecule has 1 saturated carbocycles. The molecule has 4 rings (SSSR count). The summed E-state index contributed by atoms with van der Waals surface area (Å²) >= 11 is 0. The molecule has 0 saturated heterocycles. The number of hydrogen-bond donors (Lipinski definition) is 0. The van der Waals surface area contributed by atoms with Crippen molar-refractivity contribution < 1.29 is 21.9 Å². The maximum absolute atomic E-state index is 13.0. The number of carbonyl (C=O) groups excluding carboxylic acids is 1. The van der Waals surface area contributed by atoms with Crippen LogP contribution in [0.1, 0.15) is 66.5 Å². The van der Waals surface area contributed by atoms with E-state index in [1.54, 1.807) is 0 Å². The molecule has 1 fully saturated rings. The number of carbonyl (C=O) groups is 1. The van der Waals surface area contributed by atoms with Gasteiger partial charge in [-0.1, -0.05) is 73.6 Å². The molecule has 1 aliphatic carbocycles. The standard InChI is InChI=1S/C23H23NO2/c1-26-23(25)22-20(16-10-4-2-5-11-16)18-14-8-9-15-19(18)21(24-22)17-12-6-3-7-13-17/h2,4-5,8-11,14-15,17H,3,6-7,12-13H2,1H3/i2D,4D,5D,8D,9D,10D,11D,14D,15D. The van der Waals surface area contributed by atoms with Gasteiger partial charge in [-0.15, -0.1) is 0 Å². The van der Waals surface area contributed by atoms with Crippen molar-refractivity contribution in [1.29, 1.82) is 0 Å². The van der Waals surface area contributed by atoms with E-state index in [2.05, 4.69) is 4.98 Å². The summed E-state index contributed by atoms with van der Waals surface area (Å²) in [6.07, 6.45) is 4.27. The Kier molecular flexibility index (Phi) is 2.61. The highest BCUT2D eigenvalue weighted by Crippen LogP contribution is 2.39. The molecule has 1 aliphatic rings. The molecule has 0 unspecified atom stereocenters. The van der Waals surface area contributed by atoms with Crippen LogP contribution in [0.3, 0.4) is 0 Å². The summed E-state index contributed by atoms with van der Waals surface area (Å²) in [7, 11) is 1.13. The zero-order valence-corrected chi connectivity index (χ0v) is 14.4. The van der Waals surface area contributed by atoms with Crippen LogP contribution >= 0.6 is 0 Å². The molecular formula is C23H23NO2. The molecule has 0 atom stereocenters. The Morgan fingerprint density at radius 3 is 2.35 bits per heavy atom. The molecule has 3 aromatic rings. The van der Waals surface area contributed by atoms with Crippen molar-refractivity contribution in [3.63, 3.8) is 0 Å². The van der Waals surface area contributed by atoms with Crippen LogP contribution in [0.2, 0.25) is 0 Å². The average molecular weight is 354 g/mol. The van der Waals surface area contributed by atoms with E-state index < -0.39 is 54.3 Å². The van der Waals surface area contributed by atoms with E-state index >= 15 is 0 Å². The molecule has 0 radical (unpaired) electrons. The van der Waals surface area contributed by atoms with Crippen LogP contribution in [0, 0.1) is 0 Å². The van der Waals surface area contributed by atoms with Gasteiger partial charge in [0.05, 0.1) is 25.1 Å². The van der Waals surface area contributed by atoms with Gasteiger partial charge in [-0.2, -0.15) is 0 Å². The lowest BCUT2D eigenvalue weighted by Crippen LogP contribution is -2.13. The monoisotopic (exact) mass is 354 g/mol. The normalized spacial score (nSPS) is 20.0. The van der Waals surface area contributed by atoms with Gasteiger partial charge in [0.15, 0.2) is 5.69 Å². The topological polar surface area (TPSA) is 39.2 Å². The first-order valence-electron chi connectivity index (χ1n) is 13.1. The van der Waals surface area contributed by atoms with Gasteiger partial charge in [0.1, 0.15) is 0 Å². The first-order valence-corrected chi connectivity index (χ1v) is 8.62. The van der Waals surface area contributed by atoms with Gasteiger partial charge in [-0.3, -0.25) is 0 Å². The van der Waals surface area contributed by atoms with E-state index in [-0.39, 0.29) is 39.6 Å². The number of ether oxygens (including phenoxy) is 1. The third-order valence-corrected chi connectivity index (χ3v) is 4.78. The lowest BCUT2D eigenvalue weighted by molar-refractivity contribution is 0.0595. The number of aromatic nitrogens is 1. The Labute approximate surface area is 166 Å². The van der Waals surface area contributed by atoms with Gasteiger partial charge in [0, 0.05) is 16.9 Å². The highest BCUT2D eigenvalue weighted by atomic mass is 16.5. The van der Waals surface area contributed by atoms with Crippen LogP contribution in [-0.4, -0.2) is 18.1 Å². The summed E-state index contributed by atoms with van der Waals surface area (Å²) in [6.45, 7) is 0. The van der Waals surface area contributed by atoms with Crippen molar-refractivity contribution in [3.05, 3.63) is 65.8 Å². The van der Waals surface area contributed by atoms with Crippen LogP contribution in [0.4, 0.5) is 0 Å². The predicted molar refractivity (Wildman–Crippen MR) is 104 cm³/mol. The maximum atomic E-state index is 13.0. The lowest BCUT2D eigenvalue weighted by atomic mass is 9.83. The van der Waals surface area contributed by atoms with Crippen LogP contribution in [0.25, 0.3) is 21.9 Å². The third-order valence-electron chi connectivity index (χ3n) is 4.78. The maximum Gasteiger partial charge on any atom is 0.357 e. The molecule has 3 nitrogen and oxygen atoms in total. The fraction of sp³-hybridized carbons (Fsp3) is 0.304. The lowest BCUT2D eigenvalue weighted by Gasteiger charge is -2.24. The molecule has 26 heavy (non-hydrogen) atoms. The smallest absolute Gasteiger partial charge is 0.357 e. The first-order chi connectivity index (χ1) is 16.5. The second-order valence-corrected chi connectivity index (χ2v) is 6.30. The molecule has 0 bridgehead atoms. The molecule has 3 heteroatoms. The Hall–Kier alpha value is -2.68. The van der Waals surface area contributed by atoms with E-state index in [1.807, 2.05) is 0 Å². The van der Waals surface area contributed by atoms with Crippen molar-refractivity contribution in [3.8, 4) is 11.1 Å². The molecule has 2 aromatic carbocycles. The van der Waals surface area contributed by atoms with Crippen molar-refractivity contribution >= 4 is 16.7 Å². The molecule has 0 amide bonds. The number of pyridine rings is 1. The summed E-state index contributed by atoms with van der Waals surface area (Å²) in [5.74, 6) is -1.10. The highest BCUT2D eigenvalue weighted by molar-refractivity contribution is 6.07. The van der Waals surface area contributed by atoms with Crippen LogP contribution < -0.4 is 0 Å². The minimum atomic E-state index is -0.932. The van der Waals surface area contributed by atoms with Gasteiger partial charge in [0.2, 0.25) is 0 Å². The number of fused-ring (bicyclic) bond motifs is 1. The number of hydrogen-bond acceptors (Lipinski definition) is 3. The quantitative estimate of drug-likeness (QED) is 0.563. The van der Waals surface area contributed by atoms with Crippen molar-refractivity contribution in [2.45, 2.75) is 38.0 Å². The second kappa shape index (κ2) is 7.28. The van der Waals surface area contributed by atoms with E-state index in [1.165, 1.54) is 0 Å². The Bertz CT molecular complexity index is 1360. The first kappa shape index (κ1) is 9.31. The fourth-order valence-corrected chi connectivity index (χ4v) is 3.58. The Morgan fingerprint density at radius 2 is 1.65 bits per heavy atom. The Morgan fingerprint density at radius 1 is 1.00 bits per heavy atom. The minimum absolute atomic E-state index is 0.0948. The fourth-order valence-electron chi connectivity index (χ4n) is 3.58. The SMILES string of the molecule is [2H]c1c([2H])c([2H])c(-c2c(C(=O)OC)nc(C3CCCCC3)c3c([2H])c([2H])c([2H])c([2H])c23)c([2H])c1[2H]. The molecule has 0 N–H and O–H groups in total. The van der Waals surface area contributed by atoms with Gasteiger partial charge < -0.3 is 4.74 Å². The van der Waals surface area contributed by atoms with E-state index in [4.69, 9.17) is 17.1 Å². The summed E-state index contributed by atoms with van der Waals surface area (Å²) in [4.78, 5) is 17.5. The number of benzene rings is 2. The molecule has 132 valence electrons. The number of methoxy groups -OCH3 is 1. The second-order valence-electron chi connectivity index (χ2n) is 6.30. The molecule has 0 spiro atoms. The van der Waals surface area contributed by atoms with Gasteiger partial charge >= 0.3 is 5.97 Å². The summed E-state index contributed by atoms with van der Waals surface area (Å²) < 4.78 is 79.8. The third kappa shape index (κ3) is 2.98. The molecule has 1 heterocycles. The highest BCUT2D eigenvalue weighted by Gasteiger charge is 2.25. The van der Waals surface area contributed by atoms with E-state index in [9.17, 15) is 4.79 Å². The summed E-state index contributed by atoms with van der Waals surface area (Å²) in [5.41, 5.74) is -0.628. The van der Waals surface area contributed by atoms with Crippen molar-refractivity contribution in [2.75, 3.05) is 7.11 Å². The number of nitrogens with zero attached hydrogens (tertiary/aromatic N) is 1. The molecule has 1 aromatic heterocycles. The van der Waals surface area contributed by atoms with Crippen LogP contribution in [0.15, 0.2) is 54.4 Å². The predicted octanol–water partition coefficient (Wildman–Crippen LogP) is 5.74. The van der Waals surface area contributed by atoms with Gasteiger partial charge in [-0.05, 0) is 23.8 Å². The van der Waals surface area contributed by atoms with Gasteiger partial charge in [0.25, 0.3) is 0 Å². The van der Waals surface area contributed by atoms with Crippen LogP contribution in [0.5, 0.6) is 0 Å². The van der Waals surface area contributed by atoms with Crippen molar-refractivity contribution in [1.82, 2.24) is 4.98 Å². The van der Waals surface area contributed by atoms with Crippen LogP contribution in [-0.2, 0) is 4.74 Å². The molecule has 0 aliphatic heterocycles. The summed E-state index contributed by atoms with van der Waals surface area (Å²) in [5, 5.41) is -0.0112. The van der Waals surface area contributed by atoms with Gasteiger partial charge in [-0.25, -0.2) is 9.78 Å². The summed E-state index contributed by atoms with van der Waals surface area (Å²) in [6, 6.07) is -4.98. The zero-order valence-electron chi connectivity index (χ0n) is 23.4. The average Bonchev–Trinajstić information content (AvgIpc) is 2.87. The number of esters is 1. The Balaban J connectivity index is 2.30.